The monoisotopic (exact) mass is 376 g/mol. The summed E-state index contributed by atoms with van der Waals surface area (Å²) in [6, 6.07) is 7.10. The number of piperazine rings is 1. The van der Waals surface area contributed by atoms with Gasteiger partial charge >= 0.3 is 0 Å². The molecule has 2 heterocycles. The molecule has 140 valence electrons. The van der Waals surface area contributed by atoms with Gasteiger partial charge in [-0.15, -0.1) is 0 Å². The molecule has 0 spiro atoms. The number of benzene rings is 1. The van der Waals surface area contributed by atoms with E-state index in [-0.39, 0.29) is 5.91 Å². The van der Waals surface area contributed by atoms with Crippen LogP contribution in [0.3, 0.4) is 0 Å². The molecular formula is C18H24N4O3S. The summed E-state index contributed by atoms with van der Waals surface area (Å²) in [5.41, 5.74) is 1.66. The molecule has 1 saturated heterocycles. The first-order valence-corrected chi connectivity index (χ1v) is 10.2. The van der Waals surface area contributed by atoms with Gasteiger partial charge in [0.05, 0.1) is 16.7 Å². The molecule has 1 aromatic carbocycles. The van der Waals surface area contributed by atoms with Crippen LogP contribution >= 0.6 is 0 Å². The Labute approximate surface area is 154 Å². The first-order valence-electron chi connectivity index (χ1n) is 8.79. The lowest BCUT2D eigenvalue weighted by Crippen LogP contribution is -2.50. The maximum atomic E-state index is 12.8. The van der Waals surface area contributed by atoms with Crippen molar-refractivity contribution in [1.29, 1.82) is 0 Å². The zero-order chi connectivity index (χ0) is 18.7. The summed E-state index contributed by atoms with van der Waals surface area (Å²) in [6.07, 6.45) is 5.17. The molecule has 26 heavy (non-hydrogen) atoms. The minimum absolute atomic E-state index is 0.112. The number of aryl methyl sites for hydroxylation is 2. The van der Waals surface area contributed by atoms with Gasteiger partial charge in [0.2, 0.25) is 10.0 Å². The number of nitrogens with zero attached hydrogens (tertiary/aromatic N) is 4. The van der Waals surface area contributed by atoms with Crippen LogP contribution in [0.25, 0.3) is 0 Å². The third-order valence-corrected chi connectivity index (χ3v) is 6.49. The Bertz CT molecular complexity index is 866. The quantitative estimate of drug-likeness (QED) is 0.793. The van der Waals surface area contributed by atoms with E-state index in [4.69, 9.17) is 0 Å². The number of sulfonamides is 1. The number of hydrogen-bond acceptors (Lipinski definition) is 4. The second-order valence-electron chi connectivity index (χ2n) is 6.49. The first kappa shape index (κ1) is 18.6. The highest BCUT2D eigenvalue weighted by Gasteiger charge is 2.30. The normalized spacial score (nSPS) is 16.0. The van der Waals surface area contributed by atoms with Crippen LogP contribution < -0.4 is 0 Å². The third kappa shape index (κ3) is 3.81. The number of rotatable bonds is 5. The lowest BCUT2D eigenvalue weighted by molar-refractivity contribution is 0.0698. The van der Waals surface area contributed by atoms with Crippen LogP contribution in [0.2, 0.25) is 0 Å². The van der Waals surface area contributed by atoms with Crippen molar-refractivity contribution in [3.05, 3.63) is 47.8 Å². The van der Waals surface area contributed by atoms with Gasteiger partial charge in [-0.05, 0) is 24.1 Å². The molecule has 2 aromatic rings. The summed E-state index contributed by atoms with van der Waals surface area (Å²) in [7, 11) is -1.77. The number of carbonyl (C=O) groups is 1. The van der Waals surface area contributed by atoms with Gasteiger partial charge in [0.1, 0.15) is 0 Å². The molecule has 1 aliphatic heterocycles. The van der Waals surface area contributed by atoms with Crippen LogP contribution in [0, 0.1) is 0 Å². The number of hydrogen-bond donors (Lipinski definition) is 0. The number of aromatic nitrogens is 2. The van der Waals surface area contributed by atoms with Crippen LogP contribution in [0.5, 0.6) is 0 Å². The Morgan fingerprint density at radius 1 is 1.12 bits per heavy atom. The zero-order valence-corrected chi connectivity index (χ0v) is 15.9. The molecule has 1 amide bonds. The molecular weight excluding hydrogens is 352 g/mol. The topological polar surface area (TPSA) is 75.5 Å². The fraction of sp³-hybridized carbons (Fsp3) is 0.444. The molecule has 0 radical (unpaired) electrons. The molecule has 1 aromatic heterocycles. The highest BCUT2D eigenvalue weighted by molar-refractivity contribution is 7.89. The fourth-order valence-corrected chi connectivity index (χ4v) is 4.53. The lowest BCUT2D eigenvalue weighted by atomic mass is 10.1. The van der Waals surface area contributed by atoms with Gasteiger partial charge in [-0.1, -0.05) is 25.5 Å². The van der Waals surface area contributed by atoms with E-state index in [1.165, 1.54) is 10.5 Å². The van der Waals surface area contributed by atoms with Crippen molar-refractivity contribution in [2.24, 2.45) is 7.05 Å². The van der Waals surface area contributed by atoms with E-state index < -0.39 is 10.0 Å². The maximum absolute atomic E-state index is 12.8. The van der Waals surface area contributed by atoms with E-state index >= 15 is 0 Å². The molecule has 0 unspecified atom stereocenters. The standard InChI is InChI=1S/C18H24N4O3S/c1-3-4-15-5-7-17(8-6-15)26(24,25)22-11-9-21(10-12-22)18(23)16-13-19-20(2)14-16/h5-8,13-14H,3-4,9-12H2,1-2H3. The average Bonchev–Trinajstić information content (AvgIpc) is 3.08. The highest BCUT2D eigenvalue weighted by Crippen LogP contribution is 2.19. The van der Waals surface area contributed by atoms with E-state index in [0.717, 1.165) is 18.4 Å². The van der Waals surface area contributed by atoms with Gasteiger partial charge in [0, 0.05) is 39.4 Å². The minimum atomic E-state index is -3.52. The van der Waals surface area contributed by atoms with E-state index in [1.54, 1.807) is 35.0 Å². The number of carbonyl (C=O) groups excluding carboxylic acids is 1. The van der Waals surface area contributed by atoms with Gasteiger partial charge in [0.25, 0.3) is 5.91 Å². The lowest BCUT2D eigenvalue weighted by Gasteiger charge is -2.33. The largest absolute Gasteiger partial charge is 0.336 e. The van der Waals surface area contributed by atoms with Gasteiger partial charge in [-0.3, -0.25) is 9.48 Å². The van der Waals surface area contributed by atoms with Crippen molar-refractivity contribution in [2.75, 3.05) is 26.2 Å². The second kappa shape index (κ2) is 7.59. The predicted octanol–water partition coefficient (Wildman–Crippen LogP) is 1.52. The predicted molar refractivity (Wildman–Crippen MR) is 98.3 cm³/mol. The minimum Gasteiger partial charge on any atom is -0.336 e. The summed E-state index contributed by atoms with van der Waals surface area (Å²) in [5, 5.41) is 4.01. The summed E-state index contributed by atoms with van der Waals surface area (Å²) in [6.45, 7) is 3.44. The Morgan fingerprint density at radius 3 is 2.31 bits per heavy atom. The second-order valence-corrected chi connectivity index (χ2v) is 8.43. The Hall–Kier alpha value is -2.19. The molecule has 0 saturated carbocycles. The summed E-state index contributed by atoms with van der Waals surface area (Å²) in [4.78, 5) is 14.4. The SMILES string of the molecule is CCCc1ccc(S(=O)(=O)N2CCN(C(=O)c3cnn(C)c3)CC2)cc1. The van der Waals surface area contributed by atoms with Gasteiger partial charge in [0.15, 0.2) is 0 Å². The molecule has 0 bridgehead atoms. The van der Waals surface area contributed by atoms with Crippen LogP contribution in [0.15, 0.2) is 41.6 Å². The van der Waals surface area contributed by atoms with E-state index in [2.05, 4.69) is 12.0 Å². The third-order valence-electron chi connectivity index (χ3n) is 4.58. The highest BCUT2D eigenvalue weighted by atomic mass is 32.2. The average molecular weight is 376 g/mol. The van der Waals surface area contributed by atoms with Gasteiger partial charge in [-0.2, -0.15) is 9.40 Å². The first-order chi connectivity index (χ1) is 12.4. The van der Waals surface area contributed by atoms with Crippen LogP contribution in [0.4, 0.5) is 0 Å². The molecule has 0 atom stereocenters. The van der Waals surface area contributed by atoms with Crippen molar-refractivity contribution in [3.8, 4) is 0 Å². The summed E-state index contributed by atoms with van der Waals surface area (Å²) < 4.78 is 28.7. The molecule has 3 rings (SSSR count). The smallest absolute Gasteiger partial charge is 0.257 e. The van der Waals surface area contributed by atoms with Crippen LogP contribution in [-0.4, -0.2) is 59.5 Å². The number of amides is 1. The van der Waals surface area contributed by atoms with E-state index in [0.29, 0.717) is 36.6 Å². The Balaban J connectivity index is 1.65. The van der Waals surface area contributed by atoms with Crippen molar-refractivity contribution in [3.63, 3.8) is 0 Å². The van der Waals surface area contributed by atoms with Crippen LogP contribution in [-0.2, 0) is 23.5 Å². The van der Waals surface area contributed by atoms with Crippen molar-refractivity contribution in [1.82, 2.24) is 19.0 Å². The van der Waals surface area contributed by atoms with Gasteiger partial charge in [-0.25, -0.2) is 8.42 Å². The molecule has 1 aliphatic rings. The molecule has 0 aliphatic carbocycles. The van der Waals surface area contributed by atoms with Gasteiger partial charge < -0.3 is 4.90 Å². The maximum Gasteiger partial charge on any atom is 0.257 e. The zero-order valence-electron chi connectivity index (χ0n) is 15.1. The molecule has 8 heteroatoms. The Morgan fingerprint density at radius 2 is 1.77 bits per heavy atom. The van der Waals surface area contributed by atoms with Crippen molar-refractivity contribution in [2.45, 2.75) is 24.7 Å². The molecule has 0 N–H and O–H groups in total. The summed E-state index contributed by atoms with van der Waals surface area (Å²) >= 11 is 0. The van der Waals surface area contributed by atoms with E-state index in [9.17, 15) is 13.2 Å². The van der Waals surface area contributed by atoms with Crippen molar-refractivity contribution < 1.29 is 13.2 Å². The molecule has 7 nitrogen and oxygen atoms in total. The van der Waals surface area contributed by atoms with Crippen LogP contribution in [0.1, 0.15) is 29.3 Å². The van der Waals surface area contributed by atoms with E-state index in [1.807, 2.05) is 12.1 Å². The molecule has 1 fully saturated rings. The van der Waals surface area contributed by atoms with Crippen molar-refractivity contribution >= 4 is 15.9 Å². The Kier molecular flexibility index (Phi) is 5.43. The fourth-order valence-electron chi connectivity index (χ4n) is 3.11. The summed E-state index contributed by atoms with van der Waals surface area (Å²) in [5.74, 6) is -0.112.